The van der Waals surface area contributed by atoms with E-state index in [4.69, 9.17) is 20.0 Å². The van der Waals surface area contributed by atoms with Crippen molar-refractivity contribution < 1.29 is 13.5 Å². The largest absolute Gasteiger partial charge is 0.497 e. The number of anilines is 1. The number of aromatic nitrogens is 4. The second kappa shape index (κ2) is 8.87. The van der Waals surface area contributed by atoms with Crippen LogP contribution in [-0.2, 0) is 6.54 Å². The molecule has 182 valence electrons. The molecule has 0 unspecified atom stereocenters. The van der Waals surface area contributed by atoms with Crippen LogP contribution in [0.15, 0.2) is 88.3 Å². The quantitative estimate of drug-likeness (QED) is 0.358. The van der Waals surface area contributed by atoms with Gasteiger partial charge in [0.15, 0.2) is 5.65 Å². The maximum atomic E-state index is 14.2. The molecule has 0 amide bonds. The van der Waals surface area contributed by atoms with Crippen LogP contribution in [0.3, 0.4) is 0 Å². The number of ether oxygens (including phenoxy) is 1. The smallest absolute Gasteiger partial charge is 0.200 e. The number of nitrogens with two attached hydrogens (primary N) is 1. The molecule has 0 atom stereocenters. The molecule has 3 aromatic carbocycles. The number of nitrogens with zero attached hydrogens (tertiary/aromatic N) is 4. The Bertz CT molecular complexity index is 1860. The lowest BCUT2D eigenvalue weighted by Gasteiger charge is -2.11. The van der Waals surface area contributed by atoms with Gasteiger partial charge in [-0.1, -0.05) is 36.4 Å². The molecular weight excluding hydrogens is 473 g/mol. The molecule has 0 saturated carbocycles. The average Bonchev–Trinajstić information content (AvgIpc) is 3.28. The summed E-state index contributed by atoms with van der Waals surface area (Å²) in [5.74, 6) is 0.776. The van der Waals surface area contributed by atoms with Crippen LogP contribution in [0.4, 0.5) is 10.2 Å². The van der Waals surface area contributed by atoms with E-state index < -0.39 is 5.82 Å². The van der Waals surface area contributed by atoms with Crippen molar-refractivity contribution in [3.8, 4) is 28.1 Å². The third kappa shape index (κ3) is 3.86. The summed E-state index contributed by atoms with van der Waals surface area (Å²) in [4.78, 5) is 22.2. The van der Waals surface area contributed by atoms with Crippen molar-refractivity contribution in [1.82, 2.24) is 19.7 Å². The van der Waals surface area contributed by atoms with Crippen LogP contribution in [0.25, 0.3) is 44.4 Å². The van der Waals surface area contributed by atoms with Crippen LogP contribution in [-0.4, -0.2) is 26.9 Å². The van der Waals surface area contributed by atoms with E-state index in [1.54, 1.807) is 48.2 Å². The Morgan fingerprint density at radius 1 is 1.00 bits per heavy atom. The summed E-state index contributed by atoms with van der Waals surface area (Å²) in [5.41, 5.74) is 8.86. The summed E-state index contributed by atoms with van der Waals surface area (Å²) in [7, 11) is 1.59. The van der Waals surface area contributed by atoms with E-state index >= 15 is 0 Å². The van der Waals surface area contributed by atoms with E-state index in [1.165, 1.54) is 18.5 Å². The van der Waals surface area contributed by atoms with Gasteiger partial charge >= 0.3 is 0 Å². The number of nitrogen functional groups attached to an aromatic ring is 1. The molecule has 0 fully saturated rings. The molecule has 0 aliphatic heterocycles. The molecule has 6 aromatic rings. The first-order valence-corrected chi connectivity index (χ1v) is 11.5. The second-order valence-corrected chi connectivity index (χ2v) is 8.43. The predicted octanol–water partition coefficient (Wildman–Crippen LogP) is 5.04. The zero-order chi connectivity index (χ0) is 25.5. The normalized spacial score (nSPS) is 11.3. The van der Waals surface area contributed by atoms with Crippen LogP contribution >= 0.6 is 0 Å². The molecule has 0 saturated heterocycles. The van der Waals surface area contributed by atoms with Crippen LogP contribution in [0.2, 0.25) is 0 Å². The number of rotatable bonds is 5. The van der Waals surface area contributed by atoms with Crippen molar-refractivity contribution in [2.45, 2.75) is 6.54 Å². The van der Waals surface area contributed by atoms with Crippen molar-refractivity contribution in [3.05, 3.63) is 101 Å². The Labute approximate surface area is 209 Å². The molecule has 0 aliphatic carbocycles. The molecule has 8 nitrogen and oxygen atoms in total. The van der Waals surface area contributed by atoms with Gasteiger partial charge in [0.05, 0.1) is 23.4 Å². The fourth-order valence-electron chi connectivity index (χ4n) is 4.48. The third-order valence-corrected chi connectivity index (χ3v) is 6.18. The van der Waals surface area contributed by atoms with Gasteiger partial charge in [-0.2, -0.15) is 5.10 Å². The van der Waals surface area contributed by atoms with E-state index in [0.29, 0.717) is 44.8 Å². The number of fused-ring (bicyclic) bond motifs is 2. The maximum Gasteiger partial charge on any atom is 0.200 e. The highest BCUT2D eigenvalue weighted by atomic mass is 19.1. The Kier molecular flexibility index (Phi) is 5.37. The fraction of sp³-hybridized carbons (Fsp3) is 0.0714. The van der Waals surface area contributed by atoms with E-state index in [1.807, 2.05) is 24.3 Å². The van der Waals surface area contributed by atoms with Crippen molar-refractivity contribution in [3.63, 3.8) is 0 Å². The maximum absolute atomic E-state index is 14.2. The Balaban J connectivity index is 1.59. The molecule has 3 heterocycles. The van der Waals surface area contributed by atoms with Crippen molar-refractivity contribution in [2.75, 3.05) is 12.8 Å². The molecule has 2 N–H and O–H groups in total. The molecule has 9 heteroatoms. The van der Waals surface area contributed by atoms with Gasteiger partial charge in [-0.05, 0) is 42.0 Å². The number of methoxy groups -OCH3 is 1. The number of benzene rings is 3. The van der Waals surface area contributed by atoms with Crippen LogP contribution in [0, 0.1) is 5.82 Å². The van der Waals surface area contributed by atoms with Crippen molar-refractivity contribution in [2.24, 2.45) is 0 Å². The van der Waals surface area contributed by atoms with E-state index in [9.17, 15) is 9.18 Å². The highest BCUT2D eigenvalue weighted by Crippen LogP contribution is 2.33. The minimum absolute atomic E-state index is 0.0445. The van der Waals surface area contributed by atoms with Crippen LogP contribution < -0.4 is 15.9 Å². The van der Waals surface area contributed by atoms with E-state index in [-0.39, 0.29) is 23.4 Å². The Hall–Kier alpha value is -5.05. The van der Waals surface area contributed by atoms with Gasteiger partial charge in [-0.15, -0.1) is 0 Å². The zero-order valence-electron chi connectivity index (χ0n) is 19.7. The fourth-order valence-corrected chi connectivity index (χ4v) is 4.48. The average molecular weight is 493 g/mol. The monoisotopic (exact) mass is 493 g/mol. The predicted molar refractivity (Wildman–Crippen MR) is 139 cm³/mol. The standard InChI is InChI=1S/C28H20FN5O3/c1-36-19-9-5-7-17(13-19)25-24-27(30)31-15-32-28(24)34(33-25)14-22-23(16-6-4-8-18(29)12-16)26(35)20-10-2-3-11-21(20)37-22/h2-13,15H,14H2,1H3,(H2,30,31,32). The lowest BCUT2D eigenvalue weighted by atomic mass is 10.0. The molecular formula is C28H20FN5O3. The lowest BCUT2D eigenvalue weighted by Crippen LogP contribution is -2.13. The minimum atomic E-state index is -0.457. The highest BCUT2D eigenvalue weighted by molar-refractivity contribution is 5.98. The summed E-state index contributed by atoms with van der Waals surface area (Å²) >= 11 is 0. The number of halogens is 1. The highest BCUT2D eigenvalue weighted by Gasteiger charge is 2.22. The number of para-hydroxylation sites is 1. The van der Waals surface area contributed by atoms with Gasteiger partial charge in [0, 0.05) is 5.56 Å². The molecule has 0 spiro atoms. The van der Waals surface area contributed by atoms with Crippen molar-refractivity contribution in [1.29, 1.82) is 0 Å². The van der Waals surface area contributed by atoms with E-state index in [2.05, 4.69) is 9.97 Å². The molecule has 37 heavy (non-hydrogen) atoms. The molecule has 0 aliphatic rings. The molecule has 6 rings (SSSR count). The number of hydrogen-bond acceptors (Lipinski definition) is 7. The first-order valence-electron chi connectivity index (χ1n) is 11.5. The summed E-state index contributed by atoms with van der Waals surface area (Å²) in [6, 6.07) is 20.2. The molecule has 0 bridgehead atoms. The minimum Gasteiger partial charge on any atom is -0.497 e. The lowest BCUT2D eigenvalue weighted by molar-refractivity contribution is 0.415. The topological polar surface area (TPSA) is 109 Å². The Morgan fingerprint density at radius 3 is 2.65 bits per heavy atom. The second-order valence-electron chi connectivity index (χ2n) is 8.43. The van der Waals surface area contributed by atoms with Gasteiger partial charge in [0.1, 0.15) is 47.3 Å². The first kappa shape index (κ1) is 22.4. The van der Waals surface area contributed by atoms with Gasteiger partial charge in [-0.25, -0.2) is 19.0 Å². The third-order valence-electron chi connectivity index (χ3n) is 6.18. The number of hydrogen-bond donors (Lipinski definition) is 1. The van der Waals surface area contributed by atoms with Crippen LogP contribution in [0.1, 0.15) is 5.76 Å². The molecule has 0 radical (unpaired) electrons. The summed E-state index contributed by atoms with van der Waals surface area (Å²) in [6.45, 7) is 0.0445. The van der Waals surface area contributed by atoms with Gasteiger partial charge in [-0.3, -0.25) is 4.79 Å². The van der Waals surface area contributed by atoms with Gasteiger partial charge < -0.3 is 14.9 Å². The zero-order valence-corrected chi connectivity index (χ0v) is 19.7. The van der Waals surface area contributed by atoms with Gasteiger partial charge in [0.2, 0.25) is 5.43 Å². The Morgan fingerprint density at radius 2 is 1.81 bits per heavy atom. The SMILES string of the molecule is COc1cccc(-c2nn(Cc3oc4ccccc4c(=O)c3-c3cccc(F)c3)c3ncnc(N)c23)c1. The van der Waals surface area contributed by atoms with Gasteiger partial charge in [0.25, 0.3) is 0 Å². The molecule has 3 aromatic heterocycles. The van der Waals surface area contributed by atoms with Crippen LogP contribution in [0.5, 0.6) is 5.75 Å². The first-order chi connectivity index (χ1) is 18.0. The van der Waals surface area contributed by atoms with E-state index in [0.717, 1.165) is 5.56 Å². The summed E-state index contributed by atoms with van der Waals surface area (Å²) in [6.07, 6.45) is 1.36. The van der Waals surface area contributed by atoms with Crippen molar-refractivity contribution >= 4 is 27.8 Å². The summed E-state index contributed by atoms with van der Waals surface area (Å²) in [5, 5.41) is 5.76. The summed E-state index contributed by atoms with van der Waals surface area (Å²) < 4.78 is 27.4.